The van der Waals surface area contributed by atoms with E-state index < -0.39 is 27.3 Å². The van der Waals surface area contributed by atoms with Gasteiger partial charge in [-0.25, -0.2) is 27.3 Å². The van der Waals surface area contributed by atoms with Crippen molar-refractivity contribution in [3.63, 3.8) is 0 Å². The minimum absolute atomic E-state index is 0.292. The molecule has 0 atom stereocenters. The first-order chi connectivity index (χ1) is 15.2. The van der Waals surface area contributed by atoms with E-state index in [1.807, 2.05) is 41.5 Å². The maximum atomic E-state index is 12.6. The molecule has 10 heteroatoms. The zero-order valence-electron chi connectivity index (χ0n) is 19.5. The first-order valence-corrected chi connectivity index (χ1v) is 12.3. The van der Waals surface area contributed by atoms with Crippen molar-refractivity contribution in [2.75, 3.05) is 11.6 Å². The Morgan fingerprint density at radius 1 is 0.875 bits per heavy atom. The number of rotatable bonds is 3. The molecule has 0 spiro atoms. The molecule has 0 unspecified atom stereocenters. The van der Waals surface area contributed by atoms with Crippen LogP contribution in [0.1, 0.15) is 41.5 Å². The summed E-state index contributed by atoms with van der Waals surface area (Å²) in [6.45, 7) is 12.0. The molecule has 1 heterocycles. The van der Waals surface area contributed by atoms with Crippen molar-refractivity contribution in [3.8, 4) is 5.69 Å². The van der Waals surface area contributed by atoms with Gasteiger partial charge >= 0.3 is 11.7 Å². The van der Waals surface area contributed by atoms with Crippen LogP contribution < -0.4 is 21.3 Å². The van der Waals surface area contributed by atoms with Gasteiger partial charge in [0, 0.05) is 5.69 Å². The number of nitrogens with one attached hydrogen (secondary N) is 3. The van der Waals surface area contributed by atoms with Gasteiger partial charge in [-0.05, 0) is 36.4 Å². The van der Waals surface area contributed by atoms with E-state index in [0.717, 1.165) is 10.8 Å². The summed E-state index contributed by atoms with van der Waals surface area (Å²) in [4.78, 5) is 39.0. The number of aromatic amines is 1. The van der Waals surface area contributed by atoms with E-state index in [-0.39, 0.29) is 0 Å². The Labute approximate surface area is 188 Å². The maximum absolute atomic E-state index is 12.6. The zero-order valence-corrected chi connectivity index (χ0v) is 20.3. The molecule has 0 saturated heterocycles. The highest BCUT2D eigenvalue weighted by Gasteiger charge is 2.11. The van der Waals surface area contributed by atoms with Crippen LogP contribution in [0.3, 0.4) is 0 Å². The number of anilines is 1. The number of carbonyl (C=O) groups is 1. The molecule has 1 aromatic heterocycles. The van der Waals surface area contributed by atoms with Gasteiger partial charge in [0.05, 0.1) is 22.8 Å². The van der Waals surface area contributed by atoms with Crippen molar-refractivity contribution >= 4 is 32.6 Å². The number of hydrogen-bond acceptors (Lipinski definition) is 5. The van der Waals surface area contributed by atoms with E-state index in [9.17, 15) is 22.8 Å². The van der Waals surface area contributed by atoms with Crippen LogP contribution in [0.4, 0.5) is 10.5 Å². The van der Waals surface area contributed by atoms with Gasteiger partial charge in [-0.2, -0.15) is 0 Å². The van der Waals surface area contributed by atoms with Crippen molar-refractivity contribution in [1.82, 2.24) is 14.3 Å². The fourth-order valence-electron chi connectivity index (χ4n) is 2.42. The quantitative estimate of drug-likeness (QED) is 0.542. The zero-order chi connectivity index (χ0) is 24.9. The highest BCUT2D eigenvalue weighted by molar-refractivity contribution is 7.89. The minimum Gasteiger partial charge on any atom is -0.307 e. The average Bonchev–Trinajstić information content (AvgIpc) is 2.78. The Morgan fingerprint density at radius 3 is 1.94 bits per heavy atom. The van der Waals surface area contributed by atoms with Crippen LogP contribution in [-0.2, 0) is 10.0 Å². The summed E-state index contributed by atoms with van der Waals surface area (Å²) >= 11 is 0. The van der Waals surface area contributed by atoms with Crippen molar-refractivity contribution in [2.45, 2.75) is 41.5 Å². The van der Waals surface area contributed by atoms with Gasteiger partial charge < -0.3 is 10.3 Å². The van der Waals surface area contributed by atoms with Gasteiger partial charge in [0.15, 0.2) is 0 Å². The van der Waals surface area contributed by atoms with Crippen LogP contribution in [0.2, 0.25) is 0 Å². The molecule has 176 valence electrons. The second-order valence-corrected chi connectivity index (χ2v) is 7.24. The number of urea groups is 1. The molecular formula is C22H32N4O5S. The average molecular weight is 465 g/mol. The van der Waals surface area contributed by atoms with Crippen molar-refractivity contribution < 1.29 is 13.2 Å². The van der Waals surface area contributed by atoms with Gasteiger partial charge in [-0.3, -0.25) is 4.79 Å². The molecule has 3 rings (SSSR count). The number of H-pyrrole nitrogens is 1. The number of hydrogen-bond donors (Lipinski definition) is 3. The molecule has 2 amide bonds. The van der Waals surface area contributed by atoms with Gasteiger partial charge in [0.25, 0.3) is 5.56 Å². The second-order valence-electron chi connectivity index (χ2n) is 5.49. The highest BCUT2D eigenvalue weighted by Crippen LogP contribution is 2.12. The van der Waals surface area contributed by atoms with Crippen molar-refractivity contribution in [1.29, 1.82) is 0 Å². The van der Waals surface area contributed by atoms with Crippen LogP contribution in [0, 0.1) is 0 Å². The number of carbonyl (C=O) groups excluding carboxylic acids is 1. The highest BCUT2D eigenvalue weighted by atomic mass is 32.2. The minimum atomic E-state index is -3.68. The van der Waals surface area contributed by atoms with Crippen LogP contribution in [0.5, 0.6) is 0 Å². The molecule has 0 bridgehead atoms. The lowest BCUT2D eigenvalue weighted by molar-refractivity contribution is 0.256. The number of amides is 2. The van der Waals surface area contributed by atoms with Crippen LogP contribution >= 0.6 is 0 Å². The third-order valence-corrected chi connectivity index (χ3v) is 4.02. The molecular weight excluding hydrogens is 432 g/mol. The topological polar surface area (TPSA) is 130 Å². The molecule has 3 aromatic rings. The third kappa shape index (κ3) is 8.03. The SMILES string of the molecule is CC.CC.CC.CS(=O)(=O)NC(=O)Nc1ccc(-n2c(=O)[nH]c3ccccc3c2=O)cc1. The molecule has 0 radical (unpaired) electrons. The van der Waals surface area contributed by atoms with Gasteiger partial charge in [0.2, 0.25) is 10.0 Å². The summed E-state index contributed by atoms with van der Waals surface area (Å²) in [5, 5.41) is 2.70. The molecule has 0 aliphatic carbocycles. The monoisotopic (exact) mass is 464 g/mol. The molecule has 0 aliphatic rings. The molecule has 0 fully saturated rings. The number of para-hydroxylation sites is 1. The Morgan fingerprint density at radius 2 is 1.41 bits per heavy atom. The van der Waals surface area contributed by atoms with E-state index in [4.69, 9.17) is 0 Å². The number of sulfonamides is 1. The lowest BCUT2D eigenvalue weighted by atomic mass is 10.2. The summed E-state index contributed by atoms with van der Waals surface area (Å²) in [6, 6.07) is 11.5. The predicted molar refractivity (Wildman–Crippen MR) is 131 cm³/mol. The summed E-state index contributed by atoms with van der Waals surface area (Å²) < 4.78 is 24.7. The number of fused-ring (bicyclic) bond motifs is 1. The van der Waals surface area contributed by atoms with E-state index in [0.29, 0.717) is 22.3 Å². The lowest BCUT2D eigenvalue weighted by Crippen LogP contribution is -2.34. The van der Waals surface area contributed by atoms with E-state index in [1.165, 1.54) is 24.3 Å². The Bertz CT molecular complexity index is 1210. The van der Waals surface area contributed by atoms with Gasteiger partial charge in [-0.1, -0.05) is 53.7 Å². The lowest BCUT2D eigenvalue weighted by Gasteiger charge is -2.09. The Balaban J connectivity index is 0.00000148. The summed E-state index contributed by atoms with van der Waals surface area (Å²) in [7, 11) is -3.68. The van der Waals surface area contributed by atoms with E-state index in [2.05, 4.69) is 10.3 Å². The number of nitrogens with zero attached hydrogens (tertiary/aromatic N) is 1. The first kappa shape index (κ1) is 28.6. The van der Waals surface area contributed by atoms with Crippen LogP contribution in [0.25, 0.3) is 16.6 Å². The first-order valence-electron chi connectivity index (χ1n) is 10.4. The van der Waals surface area contributed by atoms with Crippen molar-refractivity contribution in [2.24, 2.45) is 0 Å². The standard InChI is InChI=1S/C16H14N4O5S.3C2H6/c1-26(24,25)19-15(22)17-10-6-8-11(9-7-10)20-14(21)12-4-2-3-5-13(12)18-16(20)23;3*1-2/h2-9H,1H3,(H,18,23)(H2,17,19,22);3*1-2H3. The Kier molecular flexibility index (Phi) is 12.3. The van der Waals surface area contributed by atoms with E-state index >= 15 is 0 Å². The summed E-state index contributed by atoms with van der Waals surface area (Å²) in [5.74, 6) is 0. The molecule has 0 aliphatic heterocycles. The number of aromatic nitrogens is 2. The number of benzene rings is 2. The van der Waals surface area contributed by atoms with Gasteiger partial charge in [0.1, 0.15) is 0 Å². The Hall–Kier alpha value is -3.40. The fourth-order valence-corrected chi connectivity index (χ4v) is 2.80. The van der Waals surface area contributed by atoms with Crippen LogP contribution in [0.15, 0.2) is 58.1 Å². The normalized spacial score (nSPS) is 9.72. The second kappa shape index (κ2) is 13.8. The molecule has 2 aromatic carbocycles. The largest absolute Gasteiger partial charge is 0.333 e. The fraction of sp³-hybridized carbons (Fsp3) is 0.318. The van der Waals surface area contributed by atoms with Crippen LogP contribution in [-0.4, -0.2) is 30.3 Å². The van der Waals surface area contributed by atoms with Gasteiger partial charge in [-0.15, -0.1) is 0 Å². The predicted octanol–water partition coefficient (Wildman–Crippen LogP) is 3.84. The summed E-state index contributed by atoms with van der Waals surface area (Å²) in [5.41, 5.74) is -0.0326. The molecule has 0 saturated carbocycles. The molecule has 32 heavy (non-hydrogen) atoms. The van der Waals surface area contributed by atoms with Crippen molar-refractivity contribution in [3.05, 3.63) is 69.4 Å². The molecule has 3 N–H and O–H groups in total. The maximum Gasteiger partial charge on any atom is 0.333 e. The third-order valence-electron chi connectivity index (χ3n) is 3.47. The summed E-state index contributed by atoms with van der Waals surface area (Å²) in [6.07, 6.45) is 0.855. The smallest absolute Gasteiger partial charge is 0.307 e. The van der Waals surface area contributed by atoms with E-state index in [1.54, 1.807) is 29.0 Å². The molecule has 9 nitrogen and oxygen atoms in total.